The fourth-order valence-electron chi connectivity index (χ4n) is 2.72. The summed E-state index contributed by atoms with van der Waals surface area (Å²) in [4.78, 5) is 18.9. The molecule has 0 radical (unpaired) electrons. The Kier molecular flexibility index (Phi) is 3.87. The van der Waals surface area contributed by atoms with Gasteiger partial charge in [0, 0.05) is 10.9 Å². The third-order valence-corrected chi connectivity index (χ3v) is 3.80. The molecule has 1 amide bonds. The molecule has 0 saturated carbocycles. The molecule has 3 aromatic rings. The number of benzene rings is 1. The van der Waals surface area contributed by atoms with E-state index in [1.54, 1.807) is 4.68 Å². The molecule has 0 aliphatic rings. The second-order valence-electron chi connectivity index (χ2n) is 5.62. The first-order chi connectivity index (χ1) is 11.0. The number of aliphatic hydroxyl groups excluding tert-OH is 1. The summed E-state index contributed by atoms with van der Waals surface area (Å²) in [7, 11) is 0. The van der Waals surface area contributed by atoms with E-state index in [2.05, 4.69) is 21.1 Å². The Labute approximate surface area is 133 Å². The van der Waals surface area contributed by atoms with Crippen molar-refractivity contribution in [3.05, 3.63) is 35.2 Å². The van der Waals surface area contributed by atoms with Crippen LogP contribution in [0.5, 0.6) is 0 Å². The average molecular weight is 313 g/mol. The van der Waals surface area contributed by atoms with Crippen molar-refractivity contribution < 1.29 is 9.90 Å². The summed E-state index contributed by atoms with van der Waals surface area (Å²) in [6, 6.07) is 6.18. The van der Waals surface area contributed by atoms with E-state index < -0.39 is 5.91 Å². The predicted octanol–water partition coefficient (Wildman–Crippen LogP) is 1.06. The summed E-state index contributed by atoms with van der Waals surface area (Å²) < 4.78 is 1.60. The molecule has 0 aliphatic heterocycles. The van der Waals surface area contributed by atoms with Crippen molar-refractivity contribution in [1.29, 1.82) is 0 Å². The highest BCUT2D eigenvalue weighted by Gasteiger charge is 2.18. The number of nitrogens with one attached hydrogen (secondary N) is 1. The number of hydrogen-bond acceptors (Lipinski definition) is 4. The third kappa shape index (κ3) is 2.83. The van der Waals surface area contributed by atoms with Crippen molar-refractivity contribution in [2.75, 3.05) is 6.61 Å². The van der Waals surface area contributed by atoms with Crippen molar-refractivity contribution in [1.82, 2.24) is 19.7 Å². The van der Waals surface area contributed by atoms with Crippen LogP contribution in [0.15, 0.2) is 18.2 Å². The smallest absolute Gasteiger partial charge is 0.225 e. The van der Waals surface area contributed by atoms with Crippen LogP contribution >= 0.6 is 0 Å². The molecule has 4 N–H and O–H groups in total. The number of aromatic amines is 1. The maximum atomic E-state index is 11.1. The van der Waals surface area contributed by atoms with Gasteiger partial charge in [-0.25, -0.2) is 9.67 Å². The van der Waals surface area contributed by atoms with Gasteiger partial charge in [-0.3, -0.25) is 4.79 Å². The Balaban J connectivity index is 2.15. The van der Waals surface area contributed by atoms with Crippen LogP contribution in [0.25, 0.3) is 22.4 Å². The molecule has 7 heteroatoms. The van der Waals surface area contributed by atoms with Crippen molar-refractivity contribution in [2.45, 2.75) is 26.8 Å². The van der Waals surface area contributed by atoms with E-state index in [0.717, 1.165) is 22.2 Å². The van der Waals surface area contributed by atoms with E-state index in [4.69, 9.17) is 5.73 Å². The van der Waals surface area contributed by atoms with Crippen LogP contribution in [0.4, 0.5) is 0 Å². The lowest BCUT2D eigenvalue weighted by molar-refractivity contribution is -0.117. The number of carbonyl (C=O) groups excluding carboxylic acids is 1. The van der Waals surface area contributed by atoms with E-state index in [1.807, 2.05) is 26.0 Å². The minimum atomic E-state index is -0.485. The van der Waals surface area contributed by atoms with Gasteiger partial charge in [-0.15, -0.1) is 0 Å². The van der Waals surface area contributed by atoms with Gasteiger partial charge in [0.05, 0.1) is 25.3 Å². The molecule has 0 atom stereocenters. The van der Waals surface area contributed by atoms with Crippen LogP contribution in [0.3, 0.4) is 0 Å². The lowest BCUT2D eigenvalue weighted by atomic mass is 10.1. The van der Waals surface area contributed by atoms with Gasteiger partial charge in [0.1, 0.15) is 0 Å². The largest absolute Gasteiger partial charge is 0.394 e. The zero-order valence-corrected chi connectivity index (χ0v) is 13.1. The van der Waals surface area contributed by atoms with Gasteiger partial charge in [0.2, 0.25) is 5.91 Å². The topological polar surface area (TPSA) is 110 Å². The Bertz CT molecular complexity index is 878. The molecule has 0 bridgehead atoms. The first-order valence-electron chi connectivity index (χ1n) is 7.41. The molecule has 120 valence electrons. The highest BCUT2D eigenvalue weighted by atomic mass is 16.3. The van der Waals surface area contributed by atoms with Crippen LogP contribution in [0.1, 0.15) is 17.0 Å². The van der Waals surface area contributed by atoms with Gasteiger partial charge < -0.3 is 15.8 Å². The minimum Gasteiger partial charge on any atom is -0.394 e. The number of primary amides is 1. The Morgan fingerprint density at radius 2 is 2.17 bits per heavy atom. The highest BCUT2D eigenvalue weighted by molar-refractivity contribution is 5.90. The Hall–Kier alpha value is -2.67. The van der Waals surface area contributed by atoms with Gasteiger partial charge in [0.15, 0.2) is 11.6 Å². The van der Waals surface area contributed by atoms with Crippen LogP contribution in [-0.4, -0.2) is 37.4 Å². The lowest BCUT2D eigenvalue weighted by Gasteiger charge is -2.03. The number of nitrogens with two attached hydrogens (primary N) is 1. The monoisotopic (exact) mass is 313 g/mol. The van der Waals surface area contributed by atoms with Crippen molar-refractivity contribution in [3.8, 4) is 11.5 Å². The summed E-state index contributed by atoms with van der Waals surface area (Å²) >= 11 is 0. The summed E-state index contributed by atoms with van der Waals surface area (Å²) in [5.41, 5.74) is 9.30. The van der Waals surface area contributed by atoms with Gasteiger partial charge in [-0.1, -0.05) is 11.6 Å². The molecule has 23 heavy (non-hydrogen) atoms. The molecule has 0 saturated heterocycles. The first-order valence-corrected chi connectivity index (χ1v) is 7.41. The van der Waals surface area contributed by atoms with E-state index in [9.17, 15) is 9.90 Å². The number of rotatable bonds is 5. The zero-order valence-electron chi connectivity index (χ0n) is 13.1. The molecule has 0 spiro atoms. The molecule has 0 aliphatic carbocycles. The summed E-state index contributed by atoms with van der Waals surface area (Å²) in [6.45, 7) is 4.30. The average Bonchev–Trinajstić information content (AvgIpc) is 3.01. The molecule has 0 unspecified atom stereocenters. The molecule has 0 fully saturated rings. The SMILES string of the molecule is Cc1ccc2[nH]c(-c3nc(CC(N)=O)nn3CCO)c(C)c2c1. The quantitative estimate of drug-likeness (QED) is 0.654. The van der Waals surface area contributed by atoms with Crippen molar-refractivity contribution in [3.63, 3.8) is 0 Å². The van der Waals surface area contributed by atoms with Crippen LogP contribution < -0.4 is 5.73 Å². The number of aryl methyl sites for hydroxylation is 2. The number of aliphatic hydroxyl groups is 1. The first kappa shape index (κ1) is 15.2. The molecular weight excluding hydrogens is 294 g/mol. The number of fused-ring (bicyclic) bond motifs is 1. The van der Waals surface area contributed by atoms with Gasteiger partial charge in [-0.05, 0) is 31.5 Å². The Morgan fingerprint density at radius 1 is 1.39 bits per heavy atom. The third-order valence-electron chi connectivity index (χ3n) is 3.80. The second-order valence-corrected chi connectivity index (χ2v) is 5.62. The normalized spacial score (nSPS) is 11.3. The van der Waals surface area contributed by atoms with Crippen molar-refractivity contribution >= 4 is 16.8 Å². The number of amides is 1. The van der Waals surface area contributed by atoms with E-state index in [0.29, 0.717) is 18.2 Å². The van der Waals surface area contributed by atoms with Crippen molar-refractivity contribution in [2.24, 2.45) is 5.73 Å². The van der Waals surface area contributed by atoms with Gasteiger partial charge >= 0.3 is 0 Å². The molecular formula is C16H19N5O2. The number of H-pyrrole nitrogens is 1. The van der Waals surface area contributed by atoms with E-state index >= 15 is 0 Å². The maximum Gasteiger partial charge on any atom is 0.225 e. The Morgan fingerprint density at radius 3 is 2.87 bits per heavy atom. The molecule has 2 aromatic heterocycles. The molecule has 3 rings (SSSR count). The van der Waals surface area contributed by atoms with Crippen LogP contribution in [-0.2, 0) is 17.8 Å². The summed E-state index contributed by atoms with van der Waals surface area (Å²) in [5.74, 6) is 0.471. The number of hydrogen-bond donors (Lipinski definition) is 3. The van der Waals surface area contributed by atoms with E-state index in [1.165, 1.54) is 5.56 Å². The molecule has 2 heterocycles. The zero-order chi connectivity index (χ0) is 16.6. The highest BCUT2D eigenvalue weighted by Crippen LogP contribution is 2.29. The van der Waals surface area contributed by atoms with E-state index in [-0.39, 0.29) is 13.0 Å². The number of carbonyl (C=O) groups is 1. The van der Waals surface area contributed by atoms with Gasteiger partial charge in [-0.2, -0.15) is 5.10 Å². The number of nitrogens with zero attached hydrogens (tertiary/aromatic N) is 3. The number of aromatic nitrogens is 4. The predicted molar refractivity (Wildman–Crippen MR) is 86.8 cm³/mol. The standard InChI is InChI=1S/C16H19N5O2/c1-9-3-4-12-11(7-9)10(2)15(18-12)16-19-14(8-13(17)23)20-21(16)5-6-22/h3-4,7,18,22H,5-6,8H2,1-2H3,(H2,17,23). The summed E-state index contributed by atoms with van der Waals surface area (Å²) in [6.07, 6.45) is -0.0240. The fraction of sp³-hybridized carbons (Fsp3) is 0.312. The van der Waals surface area contributed by atoms with Crippen LogP contribution in [0, 0.1) is 13.8 Å². The lowest BCUT2D eigenvalue weighted by Crippen LogP contribution is -2.15. The van der Waals surface area contributed by atoms with Crippen LogP contribution in [0.2, 0.25) is 0 Å². The molecule has 7 nitrogen and oxygen atoms in total. The fourth-order valence-corrected chi connectivity index (χ4v) is 2.72. The second kappa shape index (κ2) is 5.85. The minimum absolute atomic E-state index is 0.0240. The molecule has 1 aromatic carbocycles. The van der Waals surface area contributed by atoms with Gasteiger partial charge in [0.25, 0.3) is 0 Å². The maximum absolute atomic E-state index is 11.1. The summed E-state index contributed by atoms with van der Waals surface area (Å²) in [5, 5.41) is 14.6.